The van der Waals surface area contributed by atoms with Crippen molar-refractivity contribution in [3.05, 3.63) is 12.0 Å². The van der Waals surface area contributed by atoms with Crippen LogP contribution in [0, 0.1) is 0 Å². The minimum Gasteiger partial charge on any atom is -0.333 e. The molecule has 0 aliphatic carbocycles. The van der Waals surface area contributed by atoms with Crippen molar-refractivity contribution >= 4 is 31.5 Å². The number of thioether (sulfide) groups is 1. The van der Waals surface area contributed by atoms with Gasteiger partial charge in [0.2, 0.25) is 0 Å². The Morgan fingerprint density at radius 2 is 2.11 bits per heavy atom. The average molecular weight is 323 g/mol. The lowest BCUT2D eigenvalue weighted by Gasteiger charge is -2.07. The number of hydrogen-bond acceptors (Lipinski definition) is 4. The quantitative estimate of drug-likeness (QED) is 0.782. The first-order chi connectivity index (χ1) is 8.13. The number of halogens is 4. The average Bonchev–Trinajstić information content (AvgIpc) is 2.58. The molecule has 0 spiro atoms. The van der Waals surface area contributed by atoms with Crippen molar-refractivity contribution in [2.24, 2.45) is 0 Å². The highest BCUT2D eigenvalue weighted by molar-refractivity contribution is 8.13. The van der Waals surface area contributed by atoms with Gasteiger partial charge in [0.15, 0.2) is 5.03 Å². The second kappa shape index (κ2) is 5.70. The zero-order chi connectivity index (χ0) is 14.0. The van der Waals surface area contributed by atoms with Crippen molar-refractivity contribution in [1.82, 2.24) is 9.55 Å². The summed E-state index contributed by atoms with van der Waals surface area (Å²) in [5, 5.41) is -0.335. The summed E-state index contributed by atoms with van der Waals surface area (Å²) in [5.74, 6) is 0.172. The van der Waals surface area contributed by atoms with E-state index in [1.54, 1.807) is 6.92 Å². The highest BCUT2D eigenvalue weighted by Crippen LogP contribution is 2.30. The molecule has 0 aliphatic rings. The van der Waals surface area contributed by atoms with Crippen molar-refractivity contribution in [2.45, 2.75) is 30.4 Å². The number of aromatic nitrogens is 2. The highest BCUT2D eigenvalue weighted by atomic mass is 35.7. The molecule has 0 N–H and O–H groups in total. The van der Waals surface area contributed by atoms with Crippen molar-refractivity contribution in [3.63, 3.8) is 0 Å². The van der Waals surface area contributed by atoms with Crippen LogP contribution < -0.4 is 0 Å². The van der Waals surface area contributed by atoms with Crippen LogP contribution in [0.2, 0.25) is 0 Å². The lowest BCUT2D eigenvalue weighted by molar-refractivity contribution is -0.0328. The van der Waals surface area contributed by atoms with Crippen molar-refractivity contribution in [3.8, 4) is 0 Å². The number of hydrogen-bond donors (Lipinski definition) is 0. The fourth-order valence-corrected chi connectivity index (χ4v) is 2.49. The van der Waals surface area contributed by atoms with Gasteiger partial charge in [-0.05, 0) is 11.8 Å². The van der Waals surface area contributed by atoms with Crippen molar-refractivity contribution in [2.75, 3.05) is 5.75 Å². The lowest BCUT2D eigenvalue weighted by atomic mass is 10.4. The van der Waals surface area contributed by atoms with E-state index in [4.69, 9.17) is 10.7 Å². The second-order valence-electron chi connectivity index (χ2n) is 3.27. The number of aryl methyl sites for hydroxylation is 2. The molecule has 18 heavy (non-hydrogen) atoms. The van der Waals surface area contributed by atoms with Gasteiger partial charge in [0.25, 0.3) is 9.05 Å². The summed E-state index contributed by atoms with van der Waals surface area (Å²) in [5.41, 5.74) is -4.30. The molecule has 0 amide bonds. The van der Waals surface area contributed by atoms with E-state index in [1.165, 1.54) is 4.57 Å². The van der Waals surface area contributed by atoms with Gasteiger partial charge >= 0.3 is 5.51 Å². The Balaban J connectivity index is 2.80. The Bertz CT molecular complexity index is 513. The van der Waals surface area contributed by atoms with Gasteiger partial charge in [-0.3, -0.25) is 0 Å². The minimum atomic E-state index is -4.30. The molecule has 4 nitrogen and oxygen atoms in total. The Labute approximate surface area is 111 Å². The third kappa shape index (κ3) is 4.69. The largest absolute Gasteiger partial charge is 0.441 e. The van der Waals surface area contributed by atoms with E-state index in [0.29, 0.717) is 12.2 Å². The second-order valence-corrected chi connectivity index (χ2v) is 6.95. The molecule has 0 bridgehead atoms. The van der Waals surface area contributed by atoms with Gasteiger partial charge < -0.3 is 4.57 Å². The molecule has 0 aromatic carbocycles. The first-order valence-corrected chi connectivity index (χ1v) is 8.14. The minimum absolute atomic E-state index is 0.0206. The molecule has 1 aromatic rings. The van der Waals surface area contributed by atoms with E-state index in [0.717, 1.165) is 6.20 Å². The SMILES string of the molecule is CCc1nc(S(=O)(=O)Cl)cn1CCSC(F)(F)F. The van der Waals surface area contributed by atoms with Gasteiger partial charge in [0.05, 0.1) is 0 Å². The number of nitrogens with zero attached hydrogens (tertiary/aromatic N) is 2. The summed E-state index contributed by atoms with van der Waals surface area (Å²) in [7, 11) is 1.16. The van der Waals surface area contributed by atoms with Gasteiger partial charge in [0.1, 0.15) is 5.82 Å². The maximum absolute atomic E-state index is 12.0. The van der Waals surface area contributed by atoms with E-state index in [9.17, 15) is 21.6 Å². The Kier molecular flexibility index (Phi) is 4.96. The normalized spacial score (nSPS) is 12.9. The fraction of sp³-hybridized carbons (Fsp3) is 0.625. The van der Waals surface area contributed by atoms with E-state index in [1.807, 2.05) is 0 Å². The number of alkyl halides is 3. The molecule has 0 unspecified atom stereocenters. The van der Waals surface area contributed by atoms with Crippen LogP contribution in [0.1, 0.15) is 12.7 Å². The lowest BCUT2D eigenvalue weighted by Crippen LogP contribution is -2.08. The molecule has 1 aromatic heterocycles. The Hall–Kier alpha value is -0.410. The smallest absolute Gasteiger partial charge is 0.333 e. The van der Waals surface area contributed by atoms with Gasteiger partial charge in [-0.15, -0.1) is 0 Å². The molecular weight excluding hydrogens is 313 g/mol. The zero-order valence-electron chi connectivity index (χ0n) is 9.24. The molecule has 0 aliphatic heterocycles. The summed E-state index contributed by atoms with van der Waals surface area (Å²) >= 11 is -0.167. The van der Waals surface area contributed by atoms with Crippen LogP contribution in [0.15, 0.2) is 11.2 Å². The molecule has 0 radical (unpaired) electrons. The summed E-state index contributed by atoms with van der Waals surface area (Å²) in [6.07, 6.45) is 1.56. The molecule has 104 valence electrons. The molecule has 0 atom stereocenters. The van der Waals surface area contributed by atoms with Crippen LogP contribution in [0.4, 0.5) is 13.2 Å². The molecule has 1 rings (SSSR count). The summed E-state index contributed by atoms with van der Waals surface area (Å²) < 4.78 is 59.3. The Morgan fingerprint density at radius 3 is 2.56 bits per heavy atom. The van der Waals surface area contributed by atoms with Crippen molar-refractivity contribution in [1.29, 1.82) is 0 Å². The predicted octanol–water partition coefficient (Wildman–Crippen LogP) is 2.63. The molecule has 1 heterocycles. The molecule has 0 saturated heterocycles. The summed E-state index contributed by atoms with van der Waals surface area (Å²) in [4.78, 5) is 3.77. The molecule has 10 heteroatoms. The predicted molar refractivity (Wildman–Crippen MR) is 63.2 cm³/mol. The topological polar surface area (TPSA) is 52.0 Å². The summed E-state index contributed by atoms with van der Waals surface area (Å²) in [6.45, 7) is 1.74. The third-order valence-electron chi connectivity index (χ3n) is 2.00. The van der Waals surface area contributed by atoms with Gasteiger partial charge in [-0.25, -0.2) is 13.4 Å². The van der Waals surface area contributed by atoms with Crippen LogP contribution in [0.3, 0.4) is 0 Å². The maximum atomic E-state index is 12.0. The molecule has 0 saturated carbocycles. The van der Waals surface area contributed by atoms with Crippen LogP contribution in [-0.2, 0) is 22.0 Å². The number of imidazole rings is 1. The Morgan fingerprint density at radius 1 is 1.50 bits per heavy atom. The molecule has 0 fully saturated rings. The van der Waals surface area contributed by atoms with Crippen LogP contribution in [-0.4, -0.2) is 29.2 Å². The standard InChI is InChI=1S/C8H10ClF3N2O2S2/c1-2-6-13-7(18(9,15)16)5-14(6)3-4-17-8(10,11)12/h5H,2-4H2,1H3. The van der Waals surface area contributed by atoms with Crippen molar-refractivity contribution < 1.29 is 21.6 Å². The summed E-state index contributed by atoms with van der Waals surface area (Å²) in [6, 6.07) is 0. The maximum Gasteiger partial charge on any atom is 0.441 e. The van der Waals surface area contributed by atoms with Gasteiger partial charge in [-0.2, -0.15) is 13.2 Å². The first-order valence-electron chi connectivity index (χ1n) is 4.85. The van der Waals surface area contributed by atoms with Gasteiger partial charge in [-0.1, -0.05) is 6.92 Å². The molecular formula is C8H10ClF3N2O2S2. The fourth-order valence-electron chi connectivity index (χ4n) is 1.28. The van der Waals surface area contributed by atoms with Crippen LogP contribution in [0.5, 0.6) is 0 Å². The van der Waals surface area contributed by atoms with E-state index in [2.05, 4.69) is 4.98 Å². The van der Waals surface area contributed by atoms with E-state index < -0.39 is 14.6 Å². The van der Waals surface area contributed by atoms with E-state index in [-0.39, 0.29) is 29.1 Å². The van der Waals surface area contributed by atoms with Crippen LogP contribution in [0.25, 0.3) is 0 Å². The number of rotatable bonds is 5. The van der Waals surface area contributed by atoms with Crippen LogP contribution >= 0.6 is 22.4 Å². The monoisotopic (exact) mass is 322 g/mol. The highest BCUT2D eigenvalue weighted by Gasteiger charge is 2.27. The van der Waals surface area contributed by atoms with Gasteiger partial charge in [0, 0.05) is 35.6 Å². The first kappa shape index (κ1) is 15.6. The van der Waals surface area contributed by atoms with E-state index >= 15 is 0 Å². The third-order valence-corrected chi connectivity index (χ3v) is 3.89. The zero-order valence-corrected chi connectivity index (χ0v) is 11.6.